The number of nitrogens with zero attached hydrogens (tertiary/aromatic N) is 7. The van der Waals surface area contributed by atoms with Crippen LogP contribution in [0.15, 0.2) is 12.3 Å². The average Bonchev–Trinajstić information content (AvgIpc) is 3.60. The molecular weight excluding hydrogens is 542 g/mol. The van der Waals surface area contributed by atoms with Crippen LogP contribution in [0, 0.1) is 11.3 Å². The zero-order chi connectivity index (χ0) is 29.1. The van der Waals surface area contributed by atoms with Gasteiger partial charge in [-0.3, -0.25) is 19.9 Å². The van der Waals surface area contributed by atoms with Crippen molar-refractivity contribution in [3.8, 4) is 0 Å². The van der Waals surface area contributed by atoms with Crippen LogP contribution in [0.5, 0.6) is 0 Å². The van der Waals surface area contributed by atoms with Crippen LogP contribution < -0.4 is 15.5 Å². The lowest BCUT2D eigenvalue weighted by Gasteiger charge is -2.45. The standard InChI is InChI=1S/C28H43N9O3S/c1-18(2)35-11-13-36(14-12-35)23(19-5-8-28(3,4)9-6-19)24(38)31-27-34-33-26(41-27)30-21-7-10-37(17-21)22-15-20(25(39)40)16-29-32-22/h15-16,18-19,21,23H,5-14,17H2,1-4H3,(H,30,33)(H,39,40)(H,31,34,38)/t21-,23+/m1/s1. The molecule has 12 nitrogen and oxygen atoms in total. The molecular formula is C28H43N9O3S. The van der Waals surface area contributed by atoms with E-state index in [1.165, 1.54) is 17.5 Å². The van der Waals surface area contributed by atoms with E-state index in [0.717, 1.165) is 64.8 Å². The summed E-state index contributed by atoms with van der Waals surface area (Å²) in [7, 11) is 0. The van der Waals surface area contributed by atoms with Gasteiger partial charge in [0.15, 0.2) is 5.82 Å². The third-order valence-corrected chi connectivity index (χ3v) is 9.72. The molecule has 224 valence electrons. The molecule has 1 saturated carbocycles. The first-order valence-corrected chi connectivity index (χ1v) is 15.6. The maximum absolute atomic E-state index is 13.8. The summed E-state index contributed by atoms with van der Waals surface area (Å²) in [5.74, 6) is -0.109. The number of carbonyl (C=O) groups excluding carboxylic acids is 1. The number of rotatable bonds is 9. The fraction of sp³-hybridized carbons (Fsp3) is 0.714. The molecule has 0 aromatic carbocycles. The number of carboxylic acid groups (broad SMARTS) is 1. The van der Waals surface area contributed by atoms with E-state index in [2.05, 4.69) is 68.5 Å². The quantitative estimate of drug-likeness (QED) is 0.399. The topological polar surface area (TPSA) is 140 Å². The number of hydrogen-bond acceptors (Lipinski definition) is 11. The first-order chi connectivity index (χ1) is 19.6. The van der Waals surface area contributed by atoms with E-state index in [9.17, 15) is 14.7 Å². The van der Waals surface area contributed by atoms with Crippen LogP contribution in [0.2, 0.25) is 0 Å². The van der Waals surface area contributed by atoms with Gasteiger partial charge in [-0.1, -0.05) is 25.2 Å². The normalized spacial score (nSPS) is 23.0. The Balaban J connectivity index is 1.20. The minimum absolute atomic E-state index is 0.0272. The van der Waals surface area contributed by atoms with Gasteiger partial charge in [-0.15, -0.1) is 15.3 Å². The van der Waals surface area contributed by atoms with E-state index in [4.69, 9.17) is 0 Å². The lowest BCUT2D eigenvalue weighted by Crippen LogP contribution is -2.57. The van der Waals surface area contributed by atoms with Gasteiger partial charge in [0.25, 0.3) is 0 Å². The Morgan fingerprint density at radius 2 is 1.68 bits per heavy atom. The van der Waals surface area contributed by atoms with Crippen LogP contribution in [0.3, 0.4) is 0 Å². The summed E-state index contributed by atoms with van der Waals surface area (Å²) in [5, 5.41) is 33.5. The first kappa shape index (κ1) is 29.6. The molecule has 3 fully saturated rings. The Morgan fingerprint density at radius 3 is 2.37 bits per heavy atom. The molecule has 4 heterocycles. The van der Waals surface area contributed by atoms with Crippen molar-refractivity contribution in [3.05, 3.63) is 17.8 Å². The Kier molecular flexibility index (Phi) is 9.05. The van der Waals surface area contributed by atoms with Crippen molar-refractivity contribution in [1.29, 1.82) is 0 Å². The summed E-state index contributed by atoms with van der Waals surface area (Å²) in [4.78, 5) is 32.0. The van der Waals surface area contributed by atoms with Gasteiger partial charge in [-0.05, 0) is 63.4 Å². The summed E-state index contributed by atoms with van der Waals surface area (Å²) in [6.07, 6.45) is 6.50. The number of aromatic nitrogens is 4. The predicted octanol–water partition coefficient (Wildman–Crippen LogP) is 3.27. The molecule has 0 unspecified atom stereocenters. The second kappa shape index (κ2) is 12.5. The molecule has 1 aliphatic carbocycles. The molecule has 2 aliphatic heterocycles. The molecule has 2 aromatic rings. The monoisotopic (exact) mass is 585 g/mol. The van der Waals surface area contributed by atoms with E-state index in [1.807, 2.05) is 4.90 Å². The molecule has 0 radical (unpaired) electrons. The Hall–Kier alpha value is -2.90. The smallest absolute Gasteiger partial charge is 0.337 e. The minimum Gasteiger partial charge on any atom is -0.478 e. The summed E-state index contributed by atoms with van der Waals surface area (Å²) < 4.78 is 0. The number of piperazine rings is 1. The number of carbonyl (C=O) groups is 2. The van der Waals surface area contributed by atoms with Crippen molar-refractivity contribution in [2.24, 2.45) is 11.3 Å². The summed E-state index contributed by atoms with van der Waals surface area (Å²) in [5.41, 5.74) is 0.461. The summed E-state index contributed by atoms with van der Waals surface area (Å²) in [6.45, 7) is 14.3. The van der Waals surface area contributed by atoms with Gasteiger partial charge in [0.1, 0.15) is 0 Å². The van der Waals surface area contributed by atoms with Gasteiger partial charge in [0.05, 0.1) is 17.8 Å². The van der Waals surface area contributed by atoms with E-state index < -0.39 is 5.97 Å². The lowest BCUT2D eigenvalue weighted by molar-refractivity contribution is -0.125. The largest absolute Gasteiger partial charge is 0.478 e. The molecule has 2 saturated heterocycles. The number of anilines is 3. The number of hydrogen-bond donors (Lipinski definition) is 3. The highest BCUT2D eigenvalue weighted by Gasteiger charge is 2.39. The number of amides is 1. The van der Waals surface area contributed by atoms with E-state index in [1.54, 1.807) is 6.07 Å². The maximum atomic E-state index is 13.8. The van der Waals surface area contributed by atoms with Gasteiger partial charge >= 0.3 is 5.97 Å². The highest BCUT2D eigenvalue weighted by Crippen LogP contribution is 2.40. The second-order valence-electron chi connectivity index (χ2n) is 12.7. The van der Waals surface area contributed by atoms with Crippen molar-refractivity contribution >= 4 is 39.3 Å². The van der Waals surface area contributed by atoms with Crippen LogP contribution >= 0.6 is 11.3 Å². The van der Waals surface area contributed by atoms with Gasteiger partial charge in [-0.2, -0.15) is 5.10 Å². The van der Waals surface area contributed by atoms with Crippen molar-refractivity contribution in [1.82, 2.24) is 30.2 Å². The van der Waals surface area contributed by atoms with Crippen LogP contribution in [0.25, 0.3) is 0 Å². The number of aromatic carboxylic acids is 1. The highest BCUT2D eigenvalue weighted by molar-refractivity contribution is 7.19. The third kappa shape index (κ3) is 7.31. The van der Waals surface area contributed by atoms with Gasteiger partial charge in [-0.25, -0.2) is 4.79 Å². The fourth-order valence-electron chi connectivity index (χ4n) is 6.35. The molecule has 0 spiro atoms. The van der Waals surface area contributed by atoms with E-state index in [0.29, 0.717) is 40.0 Å². The zero-order valence-electron chi connectivity index (χ0n) is 24.5. The minimum atomic E-state index is -1.02. The molecule has 1 amide bonds. The predicted molar refractivity (Wildman–Crippen MR) is 160 cm³/mol. The lowest BCUT2D eigenvalue weighted by atomic mass is 9.70. The first-order valence-electron chi connectivity index (χ1n) is 14.8. The molecule has 0 bridgehead atoms. The van der Waals surface area contributed by atoms with Gasteiger partial charge in [0, 0.05) is 51.4 Å². The maximum Gasteiger partial charge on any atom is 0.337 e. The second-order valence-corrected chi connectivity index (χ2v) is 13.7. The van der Waals surface area contributed by atoms with Gasteiger partial charge in [0.2, 0.25) is 16.2 Å². The van der Waals surface area contributed by atoms with Crippen molar-refractivity contribution in [2.75, 3.05) is 54.8 Å². The Bertz CT molecular complexity index is 1200. The van der Waals surface area contributed by atoms with Crippen molar-refractivity contribution < 1.29 is 14.7 Å². The molecule has 13 heteroatoms. The average molecular weight is 586 g/mol. The molecule has 2 aromatic heterocycles. The molecule has 2 atom stereocenters. The summed E-state index contributed by atoms with van der Waals surface area (Å²) >= 11 is 1.35. The molecule has 41 heavy (non-hydrogen) atoms. The third-order valence-electron chi connectivity index (χ3n) is 8.96. The van der Waals surface area contributed by atoms with Crippen molar-refractivity contribution in [3.63, 3.8) is 0 Å². The molecule has 5 rings (SSSR count). The fourth-order valence-corrected chi connectivity index (χ4v) is 7.07. The van der Waals surface area contributed by atoms with E-state index in [-0.39, 0.29) is 23.6 Å². The van der Waals surface area contributed by atoms with Gasteiger partial charge < -0.3 is 15.3 Å². The van der Waals surface area contributed by atoms with E-state index >= 15 is 0 Å². The number of carboxylic acids is 1. The zero-order valence-corrected chi connectivity index (χ0v) is 25.4. The van der Waals surface area contributed by atoms with Crippen LogP contribution in [0.1, 0.15) is 70.2 Å². The van der Waals surface area contributed by atoms with Crippen molar-refractivity contribution in [2.45, 2.75) is 77.9 Å². The van der Waals surface area contributed by atoms with Crippen LogP contribution in [-0.2, 0) is 4.79 Å². The van der Waals surface area contributed by atoms with Crippen LogP contribution in [0.4, 0.5) is 16.1 Å². The molecule has 3 aliphatic rings. The summed E-state index contributed by atoms with van der Waals surface area (Å²) in [6, 6.07) is 1.99. The van der Waals surface area contributed by atoms with Crippen LogP contribution in [-0.4, -0.2) is 105 Å². The highest BCUT2D eigenvalue weighted by atomic mass is 32.1. The Morgan fingerprint density at radius 1 is 1.00 bits per heavy atom. The Labute approximate surface area is 245 Å². The number of nitrogens with one attached hydrogen (secondary N) is 2. The SMILES string of the molecule is CC(C)N1CCN([C@H](C(=O)Nc2nnc(N[C@@H]3CCN(c4cc(C(=O)O)cnn4)C3)s2)C2CCC(C)(C)CC2)CC1. The molecule has 3 N–H and O–H groups in total.